The molecule has 2 nitrogen and oxygen atoms in total. The second kappa shape index (κ2) is 6.06. The highest BCUT2D eigenvalue weighted by Crippen LogP contribution is 2.27. The van der Waals surface area contributed by atoms with Gasteiger partial charge < -0.3 is 5.32 Å². The Labute approximate surface area is 125 Å². The lowest BCUT2D eigenvalue weighted by molar-refractivity contribution is 0.727. The minimum Gasteiger partial charge on any atom is -0.313 e. The minimum atomic E-state index is 0.912. The largest absolute Gasteiger partial charge is 0.313 e. The van der Waals surface area contributed by atoms with Crippen molar-refractivity contribution in [3.05, 3.63) is 65.9 Å². The molecule has 0 aliphatic heterocycles. The molecule has 0 atom stereocenters. The van der Waals surface area contributed by atoms with Crippen LogP contribution in [0.1, 0.15) is 18.1 Å². The highest BCUT2D eigenvalue weighted by Gasteiger charge is 2.05. The van der Waals surface area contributed by atoms with Crippen molar-refractivity contribution in [1.82, 2.24) is 10.3 Å². The summed E-state index contributed by atoms with van der Waals surface area (Å²) in [6.07, 6.45) is 1.85. The number of aromatic nitrogens is 1. The summed E-state index contributed by atoms with van der Waals surface area (Å²) in [4.78, 5) is 4.46. The van der Waals surface area contributed by atoms with E-state index in [1.54, 1.807) is 0 Å². The van der Waals surface area contributed by atoms with Crippen LogP contribution in [0, 0.1) is 6.92 Å². The molecular weight excluding hydrogens is 256 g/mol. The van der Waals surface area contributed by atoms with E-state index < -0.39 is 0 Å². The van der Waals surface area contributed by atoms with Gasteiger partial charge in [0.15, 0.2) is 0 Å². The van der Waals surface area contributed by atoms with E-state index >= 15 is 0 Å². The first kappa shape index (κ1) is 13.8. The maximum atomic E-state index is 4.46. The molecule has 106 valence electrons. The summed E-state index contributed by atoms with van der Waals surface area (Å²) in [5.41, 5.74) is 6.19. The van der Waals surface area contributed by atoms with Gasteiger partial charge in [0.05, 0.1) is 5.52 Å². The Bertz CT molecular complexity index is 762. The van der Waals surface area contributed by atoms with E-state index in [4.69, 9.17) is 0 Å². The number of aryl methyl sites for hydroxylation is 1. The number of rotatable bonds is 4. The zero-order valence-electron chi connectivity index (χ0n) is 12.6. The quantitative estimate of drug-likeness (QED) is 0.767. The Kier molecular flexibility index (Phi) is 3.98. The molecule has 0 bridgehead atoms. The van der Waals surface area contributed by atoms with Crippen molar-refractivity contribution < 1.29 is 0 Å². The maximum absolute atomic E-state index is 4.46. The molecular formula is C19H20N2. The number of nitrogens with zero attached hydrogens (tertiary/aromatic N) is 1. The van der Waals surface area contributed by atoms with Gasteiger partial charge >= 0.3 is 0 Å². The third kappa shape index (κ3) is 2.96. The molecule has 0 spiro atoms. The number of pyridine rings is 1. The summed E-state index contributed by atoms with van der Waals surface area (Å²) in [7, 11) is 0. The highest BCUT2D eigenvalue weighted by atomic mass is 14.8. The normalized spacial score (nSPS) is 11.0. The average molecular weight is 276 g/mol. The van der Waals surface area contributed by atoms with Crippen LogP contribution in [0.5, 0.6) is 0 Å². The van der Waals surface area contributed by atoms with Gasteiger partial charge in [0.1, 0.15) is 0 Å². The van der Waals surface area contributed by atoms with Gasteiger partial charge in [-0.3, -0.25) is 4.98 Å². The van der Waals surface area contributed by atoms with E-state index in [2.05, 4.69) is 66.6 Å². The Morgan fingerprint density at radius 1 is 1.05 bits per heavy atom. The Balaban J connectivity index is 2.04. The fourth-order valence-corrected chi connectivity index (χ4v) is 2.59. The maximum Gasteiger partial charge on any atom is 0.0708 e. The van der Waals surface area contributed by atoms with Crippen LogP contribution in [-0.2, 0) is 6.54 Å². The van der Waals surface area contributed by atoms with Crippen molar-refractivity contribution in [3.63, 3.8) is 0 Å². The minimum absolute atomic E-state index is 0.912. The van der Waals surface area contributed by atoms with E-state index in [-0.39, 0.29) is 0 Å². The van der Waals surface area contributed by atoms with Crippen molar-refractivity contribution in [3.8, 4) is 11.1 Å². The van der Waals surface area contributed by atoms with Crippen LogP contribution in [0.25, 0.3) is 22.0 Å². The molecule has 3 aromatic rings. The molecule has 21 heavy (non-hydrogen) atoms. The molecule has 2 heteroatoms. The van der Waals surface area contributed by atoms with Crippen molar-refractivity contribution in [2.45, 2.75) is 20.4 Å². The second-order valence-electron chi connectivity index (χ2n) is 5.34. The lowest BCUT2D eigenvalue weighted by atomic mass is 9.97. The predicted molar refractivity (Wildman–Crippen MR) is 89.3 cm³/mol. The summed E-state index contributed by atoms with van der Waals surface area (Å²) in [6, 6.07) is 17.3. The van der Waals surface area contributed by atoms with Crippen LogP contribution in [0.4, 0.5) is 0 Å². The smallest absolute Gasteiger partial charge is 0.0708 e. The molecule has 2 aromatic carbocycles. The van der Waals surface area contributed by atoms with E-state index in [9.17, 15) is 0 Å². The number of fused-ring (bicyclic) bond motifs is 1. The van der Waals surface area contributed by atoms with Crippen LogP contribution in [0.15, 0.2) is 54.7 Å². The van der Waals surface area contributed by atoms with Gasteiger partial charge in [-0.15, -0.1) is 0 Å². The number of nitrogens with one attached hydrogen (secondary N) is 1. The fraction of sp³-hybridized carbons (Fsp3) is 0.211. The first-order chi connectivity index (χ1) is 10.3. The lowest BCUT2D eigenvalue weighted by Gasteiger charge is -2.10. The average Bonchev–Trinajstić information content (AvgIpc) is 2.53. The predicted octanol–water partition coefficient (Wildman–Crippen LogP) is 4.32. The van der Waals surface area contributed by atoms with Gasteiger partial charge in [0, 0.05) is 18.1 Å². The van der Waals surface area contributed by atoms with Gasteiger partial charge in [-0.2, -0.15) is 0 Å². The SMILES string of the molecule is CCNCc1ccc(C)c(-c2ccc3cccnc3c2)c1. The summed E-state index contributed by atoms with van der Waals surface area (Å²) in [5.74, 6) is 0. The molecule has 0 aliphatic carbocycles. The van der Waals surface area contributed by atoms with Crippen LogP contribution in [0.2, 0.25) is 0 Å². The molecule has 3 rings (SSSR count). The van der Waals surface area contributed by atoms with Crippen molar-refractivity contribution in [2.24, 2.45) is 0 Å². The topological polar surface area (TPSA) is 24.9 Å². The Hall–Kier alpha value is -2.19. The molecule has 0 unspecified atom stereocenters. The van der Waals surface area contributed by atoms with E-state index in [1.807, 2.05) is 12.3 Å². The van der Waals surface area contributed by atoms with E-state index in [0.29, 0.717) is 0 Å². The molecule has 0 amide bonds. The van der Waals surface area contributed by atoms with Gasteiger partial charge in [-0.05, 0) is 53.9 Å². The lowest BCUT2D eigenvalue weighted by Crippen LogP contribution is -2.11. The third-order valence-electron chi connectivity index (χ3n) is 3.80. The molecule has 0 saturated carbocycles. The van der Waals surface area contributed by atoms with E-state index in [0.717, 1.165) is 18.6 Å². The van der Waals surface area contributed by atoms with Gasteiger partial charge in [-0.1, -0.05) is 37.3 Å². The number of benzene rings is 2. The molecule has 1 heterocycles. The summed E-state index contributed by atoms with van der Waals surface area (Å²) in [5, 5.41) is 4.56. The standard InChI is InChI=1S/C19H20N2/c1-3-20-13-15-7-6-14(2)18(11-15)17-9-8-16-5-4-10-21-19(16)12-17/h4-12,20H,3,13H2,1-2H3. The van der Waals surface area contributed by atoms with Crippen molar-refractivity contribution >= 4 is 10.9 Å². The highest BCUT2D eigenvalue weighted by molar-refractivity contribution is 5.84. The van der Waals surface area contributed by atoms with Crippen LogP contribution in [-0.4, -0.2) is 11.5 Å². The number of hydrogen-bond donors (Lipinski definition) is 1. The molecule has 0 saturated heterocycles. The summed E-state index contributed by atoms with van der Waals surface area (Å²) in [6.45, 7) is 6.19. The zero-order valence-corrected chi connectivity index (χ0v) is 12.6. The fourth-order valence-electron chi connectivity index (χ4n) is 2.59. The Morgan fingerprint density at radius 2 is 1.95 bits per heavy atom. The molecule has 0 fully saturated rings. The Morgan fingerprint density at radius 3 is 2.81 bits per heavy atom. The van der Waals surface area contributed by atoms with Crippen molar-refractivity contribution in [1.29, 1.82) is 0 Å². The van der Waals surface area contributed by atoms with Gasteiger partial charge in [0.2, 0.25) is 0 Å². The summed E-state index contributed by atoms with van der Waals surface area (Å²) >= 11 is 0. The monoisotopic (exact) mass is 276 g/mol. The first-order valence-corrected chi connectivity index (χ1v) is 7.43. The number of hydrogen-bond acceptors (Lipinski definition) is 2. The molecule has 0 radical (unpaired) electrons. The molecule has 1 aromatic heterocycles. The van der Waals surface area contributed by atoms with Gasteiger partial charge in [0.25, 0.3) is 0 Å². The van der Waals surface area contributed by atoms with Crippen LogP contribution < -0.4 is 5.32 Å². The molecule has 0 aliphatic rings. The summed E-state index contributed by atoms with van der Waals surface area (Å²) < 4.78 is 0. The van der Waals surface area contributed by atoms with E-state index in [1.165, 1.54) is 27.6 Å². The zero-order chi connectivity index (χ0) is 14.7. The second-order valence-corrected chi connectivity index (χ2v) is 5.34. The first-order valence-electron chi connectivity index (χ1n) is 7.43. The molecule has 1 N–H and O–H groups in total. The van der Waals surface area contributed by atoms with Crippen LogP contribution in [0.3, 0.4) is 0 Å². The van der Waals surface area contributed by atoms with Gasteiger partial charge in [-0.25, -0.2) is 0 Å². The third-order valence-corrected chi connectivity index (χ3v) is 3.80. The van der Waals surface area contributed by atoms with Crippen LogP contribution >= 0.6 is 0 Å². The van der Waals surface area contributed by atoms with Crippen molar-refractivity contribution in [2.75, 3.05) is 6.54 Å².